The highest BCUT2D eigenvalue weighted by Crippen LogP contribution is 2.26. The lowest BCUT2D eigenvalue weighted by molar-refractivity contribution is -0.384. The van der Waals surface area contributed by atoms with Crippen LogP contribution in [0.25, 0.3) is 0 Å². The molecule has 1 aromatic carbocycles. The van der Waals surface area contributed by atoms with Crippen molar-refractivity contribution in [3.63, 3.8) is 0 Å². The first-order valence-corrected chi connectivity index (χ1v) is 6.45. The molecule has 0 saturated heterocycles. The van der Waals surface area contributed by atoms with E-state index in [4.69, 9.17) is 10.5 Å². The van der Waals surface area contributed by atoms with Gasteiger partial charge in [0, 0.05) is 12.1 Å². The lowest BCUT2D eigenvalue weighted by Crippen LogP contribution is -2.47. The SMILES string of the molecule is CC(C)(C)OC(=O)CC(N)(C(=O)O)c1ccc([N+](=O)[O-])cc1. The number of rotatable bonds is 5. The van der Waals surface area contributed by atoms with E-state index in [-0.39, 0.29) is 11.3 Å². The smallest absolute Gasteiger partial charge is 0.328 e. The van der Waals surface area contributed by atoms with Crippen LogP contribution in [0.5, 0.6) is 0 Å². The molecule has 0 aromatic heterocycles. The molecule has 1 atom stereocenters. The maximum Gasteiger partial charge on any atom is 0.328 e. The fourth-order valence-electron chi connectivity index (χ4n) is 1.79. The Kier molecular flexibility index (Phi) is 4.87. The monoisotopic (exact) mass is 310 g/mol. The van der Waals surface area contributed by atoms with Crippen LogP contribution in [0.15, 0.2) is 24.3 Å². The van der Waals surface area contributed by atoms with Crippen molar-refractivity contribution in [3.05, 3.63) is 39.9 Å². The van der Waals surface area contributed by atoms with Crippen molar-refractivity contribution >= 4 is 17.6 Å². The summed E-state index contributed by atoms with van der Waals surface area (Å²) in [5.41, 5.74) is 2.93. The minimum absolute atomic E-state index is 0.0801. The summed E-state index contributed by atoms with van der Waals surface area (Å²) in [7, 11) is 0. The van der Waals surface area contributed by atoms with Gasteiger partial charge in [0.2, 0.25) is 0 Å². The first kappa shape index (κ1) is 17.6. The summed E-state index contributed by atoms with van der Waals surface area (Å²) in [6.07, 6.45) is -0.586. The Labute approximate surface area is 127 Å². The van der Waals surface area contributed by atoms with Crippen LogP contribution in [0.1, 0.15) is 32.8 Å². The van der Waals surface area contributed by atoms with E-state index in [1.165, 1.54) is 12.1 Å². The number of nitrogens with zero attached hydrogens (tertiary/aromatic N) is 1. The topological polar surface area (TPSA) is 133 Å². The second-order valence-electron chi connectivity index (χ2n) is 5.84. The third kappa shape index (κ3) is 4.26. The molecule has 0 aliphatic rings. The van der Waals surface area contributed by atoms with Gasteiger partial charge in [-0.2, -0.15) is 0 Å². The van der Waals surface area contributed by atoms with Crippen molar-refractivity contribution in [2.75, 3.05) is 0 Å². The van der Waals surface area contributed by atoms with Gasteiger partial charge in [-0.3, -0.25) is 14.9 Å². The lowest BCUT2D eigenvalue weighted by Gasteiger charge is -2.27. The Morgan fingerprint density at radius 3 is 2.14 bits per heavy atom. The molecule has 1 rings (SSSR count). The number of benzene rings is 1. The highest BCUT2D eigenvalue weighted by molar-refractivity contribution is 5.87. The molecule has 0 aliphatic heterocycles. The average Bonchev–Trinajstić information content (AvgIpc) is 2.36. The number of hydrogen-bond acceptors (Lipinski definition) is 6. The zero-order valence-corrected chi connectivity index (χ0v) is 12.5. The predicted octanol–water partition coefficient (Wildman–Crippen LogP) is 1.57. The predicted molar refractivity (Wildman–Crippen MR) is 77.1 cm³/mol. The van der Waals surface area contributed by atoms with E-state index in [1.807, 2.05) is 0 Å². The number of aliphatic carboxylic acids is 1. The van der Waals surface area contributed by atoms with Crippen LogP contribution in [0.3, 0.4) is 0 Å². The molecular formula is C14H18N2O6. The lowest BCUT2D eigenvalue weighted by atomic mass is 9.87. The number of ether oxygens (including phenoxy) is 1. The number of carbonyl (C=O) groups excluding carboxylic acids is 1. The van der Waals surface area contributed by atoms with Gasteiger partial charge < -0.3 is 15.6 Å². The van der Waals surface area contributed by atoms with Crippen LogP contribution in [-0.2, 0) is 19.9 Å². The van der Waals surface area contributed by atoms with Gasteiger partial charge in [0.1, 0.15) is 5.60 Å². The number of esters is 1. The van der Waals surface area contributed by atoms with Gasteiger partial charge in [0.15, 0.2) is 5.54 Å². The fraction of sp³-hybridized carbons (Fsp3) is 0.429. The number of hydrogen-bond donors (Lipinski definition) is 2. The van der Waals surface area contributed by atoms with E-state index in [0.29, 0.717) is 0 Å². The van der Waals surface area contributed by atoms with Gasteiger partial charge in [0.05, 0.1) is 11.3 Å². The molecule has 0 spiro atoms. The minimum Gasteiger partial charge on any atom is -0.480 e. The van der Waals surface area contributed by atoms with Gasteiger partial charge in [-0.1, -0.05) is 0 Å². The molecule has 120 valence electrons. The Morgan fingerprint density at radius 1 is 1.27 bits per heavy atom. The summed E-state index contributed by atoms with van der Waals surface area (Å²) in [4.78, 5) is 33.3. The number of nitro groups is 1. The molecule has 0 bridgehead atoms. The molecule has 0 aliphatic carbocycles. The highest BCUT2D eigenvalue weighted by Gasteiger charge is 2.40. The summed E-state index contributed by atoms with van der Waals surface area (Å²) in [6, 6.07) is 4.71. The molecule has 1 aromatic rings. The average molecular weight is 310 g/mol. The van der Waals surface area contributed by atoms with Crippen LogP contribution >= 0.6 is 0 Å². The molecule has 8 nitrogen and oxygen atoms in total. The molecule has 22 heavy (non-hydrogen) atoms. The van der Waals surface area contributed by atoms with Gasteiger partial charge in [-0.05, 0) is 38.5 Å². The van der Waals surface area contributed by atoms with Gasteiger partial charge in [-0.25, -0.2) is 4.79 Å². The number of non-ortho nitro benzene ring substituents is 1. The quantitative estimate of drug-likeness (QED) is 0.479. The number of carboxylic acids is 1. The van der Waals surface area contributed by atoms with Crippen molar-refractivity contribution in [1.82, 2.24) is 0 Å². The summed E-state index contributed by atoms with van der Waals surface area (Å²) < 4.78 is 5.08. The molecule has 1 unspecified atom stereocenters. The second kappa shape index (κ2) is 6.10. The second-order valence-corrected chi connectivity index (χ2v) is 5.84. The Balaban J connectivity index is 3.08. The van der Waals surface area contributed by atoms with Crippen LogP contribution in [0, 0.1) is 10.1 Å². The van der Waals surface area contributed by atoms with Crippen molar-refractivity contribution in [1.29, 1.82) is 0 Å². The molecule has 0 heterocycles. The molecular weight excluding hydrogens is 292 g/mol. The summed E-state index contributed by atoms with van der Waals surface area (Å²) in [6.45, 7) is 4.95. The van der Waals surface area contributed by atoms with Crippen LogP contribution in [0.4, 0.5) is 5.69 Å². The van der Waals surface area contributed by atoms with Gasteiger partial charge in [-0.15, -0.1) is 0 Å². The van der Waals surface area contributed by atoms with Crippen LogP contribution in [-0.4, -0.2) is 27.6 Å². The Bertz CT molecular complexity index is 590. The van der Waals surface area contributed by atoms with Crippen LogP contribution in [0.2, 0.25) is 0 Å². The molecule has 0 amide bonds. The number of carboxylic acid groups (broad SMARTS) is 1. The van der Waals surface area contributed by atoms with E-state index in [0.717, 1.165) is 12.1 Å². The molecule has 0 radical (unpaired) electrons. The van der Waals surface area contributed by atoms with Gasteiger partial charge in [0.25, 0.3) is 5.69 Å². The third-order valence-electron chi connectivity index (χ3n) is 2.82. The van der Waals surface area contributed by atoms with Crippen molar-refractivity contribution in [2.45, 2.75) is 38.3 Å². The summed E-state index contributed by atoms with van der Waals surface area (Å²) >= 11 is 0. The normalized spacial score (nSPS) is 14.0. The standard InChI is InChI=1S/C14H18N2O6/c1-13(2,3)22-11(17)8-14(15,12(18)19)9-4-6-10(7-5-9)16(20)21/h4-7H,8,15H2,1-3H3,(H,18,19). The van der Waals surface area contributed by atoms with Crippen LogP contribution < -0.4 is 5.73 Å². The molecule has 8 heteroatoms. The highest BCUT2D eigenvalue weighted by atomic mass is 16.6. The van der Waals surface area contributed by atoms with Gasteiger partial charge >= 0.3 is 11.9 Å². The summed E-state index contributed by atoms with van der Waals surface area (Å²) in [5.74, 6) is -2.19. The Morgan fingerprint density at radius 2 is 1.77 bits per heavy atom. The largest absolute Gasteiger partial charge is 0.480 e. The van der Waals surface area contributed by atoms with Crippen molar-refractivity contribution in [2.24, 2.45) is 5.73 Å². The maximum absolute atomic E-state index is 11.9. The van der Waals surface area contributed by atoms with E-state index in [1.54, 1.807) is 20.8 Å². The fourth-order valence-corrected chi connectivity index (χ4v) is 1.79. The number of carbonyl (C=O) groups is 2. The number of nitro benzene ring substituents is 1. The molecule has 0 saturated carbocycles. The Hall–Kier alpha value is -2.48. The maximum atomic E-state index is 11.9. The van der Waals surface area contributed by atoms with E-state index in [9.17, 15) is 24.8 Å². The minimum atomic E-state index is -2.02. The zero-order chi connectivity index (χ0) is 17.1. The number of nitrogens with two attached hydrogens (primary N) is 1. The zero-order valence-electron chi connectivity index (χ0n) is 12.5. The first-order valence-electron chi connectivity index (χ1n) is 6.45. The van der Waals surface area contributed by atoms with E-state index in [2.05, 4.69) is 0 Å². The van der Waals surface area contributed by atoms with Crippen molar-refractivity contribution in [3.8, 4) is 0 Å². The first-order chi connectivity index (χ1) is 9.95. The summed E-state index contributed by atoms with van der Waals surface area (Å²) in [5, 5.41) is 20.0. The molecule has 3 N–H and O–H groups in total. The van der Waals surface area contributed by atoms with E-state index < -0.39 is 34.4 Å². The molecule has 0 fully saturated rings. The van der Waals surface area contributed by atoms with E-state index >= 15 is 0 Å². The van der Waals surface area contributed by atoms with Crippen molar-refractivity contribution < 1.29 is 24.4 Å². The third-order valence-corrected chi connectivity index (χ3v) is 2.82.